The Labute approximate surface area is 150 Å². The lowest BCUT2D eigenvalue weighted by molar-refractivity contribution is -0.116. The number of hydrogen-bond acceptors (Lipinski definition) is 4. The molecule has 1 fully saturated rings. The smallest absolute Gasteiger partial charge is 0.225 e. The minimum atomic E-state index is -0.0336. The zero-order valence-corrected chi connectivity index (χ0v) is 15.3. The van der Waals surface area contributed by atoms with Crippen LogP contribution in [0, 0.1) is 0 Å². The lowest BCUT2D eigenvalue weighted by Crippen LogP contribution is -2.44. The van der Waals surface area contributed by atoms with Crippen molar-refractivity contribution in [3.63, 3.8) is 0 Å². The second kappa shape index (κ2) is 10.8. The average Bonchev–Trinajstić information content (AvgIpc) is 2.40. The van der Waals surface area contributed by atoms with Crippen molar-refractivity contribution in [3.05, 3.63) is 29.8 Å². The number of nitrogens with two attached hydrogens (primary N) is 1. The Morgan fingerprint density at radius 2 is 1.87 bits per heavy atom. The first-order valence-corrected chi connectivity index (χ1v) is 7.54. The molecule has 1 aromatic carbocycles. The molecule has 132 valence electrons. The molecule has 1 amide bonds. The second-order valence-corrected chi connectivity index (χ2v) is 5.70. The van der Waals surface area contributed by atoms with Crippen LogP contribution in [0.3, 0.4) is 0 Å². The molecule has 0 aliphatic carbocycles. The molecule has 23 heavy (non-hydrogen) atoms. The van der Waals surface area contributed by atoms with Gasteiger partial charge in [0.15, 0.2) is 0 Å². The largest absolute Gasteiger partial charge is 0.373 e. The number of ether oxygens (including phenoxy) is 1. The quantitative estimate of drug-likeness (QED) is 0.842. The van der Waals surface area contributed by atoms with Gasteiger partial charge in [0.1, 0.15) is 0 Å². The summed E-state index contributed by atoms with van der Waals surface area (Å²) in [5.41, 5.74) is 7.42. The van der Waals surface area contributed by atoms with Gasteiger partial charge >= 0.3 is 0 Å². The molecule has 0 aromatic heterocycles. The zero-order valence-electron chi connectivity index (χ0n) is 13.7. The molecule has 2 rings (SSSR count). The Hall–Kier alpha value is -0.850. The van der Waals surface area contributed by atoms with Gasteiger partial charge in [-0.25, -0.2) is 0 Å². The fraction of sp³-hybridized carbons (Fsp3) is 0.562. The molecule has 1 aliphatic heterocycles. The Morgan fingerprint density at radius 3 is 2.48 bits per heavy atom. The third-order valence-electron chi connectivity index (χ3n) is 3.55. The Balaban J connectivity index is 0.00000242. The molecular formula is C16H27Cl2N3O2. The van der Waals surface area contributed by atoms with Gasteiger partial charge < -0.3 is 15.8 Å². The van der Waals surface area contributed by atoms with E-state index in [1.54, 1.807) is 0 Å². The van der Waals surface area contributed by atoms with Crippen LogP contribution < -0.4 is 11.1 Å². The van der Waals surface area contributed by atoms with Crippen LogP contribution in [-0.2, 0) is 16.1 Å². The number of anilines is 1. The fourth-order valence-corrected chi connectivity index (χ4v) is 2.78. The summed E-state index contributed by atoms with van der Waals surface area (Å²) in [6.07, 6.45) is 0.834. The summed E-state index contributed by atoms with van der Waals surface area (Å²) in [5.74, 6) is -0.0336. The lowest BCUT2D eigenvalue weighted by Gasteiger charge is -2.35. The maximum absolute atomic E-state index is 11.7. The molecule has 2 atom stereocenters. The van der Waals surface area contributed by atoms with E-state index in [0.717, 1.165) is 30.9 Å². The van der Waals surface area contributed by atoms with Gasteiger partial charge in [-0.15, -0.1) is 24.8 Å². The van der Waals surface area contributed by atoms with E-state index in [1.807, 2.05) is 18.2 Å². The summed E-state index contributed by atoms with van der Waals surface area (Å²) < 4.78 is 5.76. The van der Waals surface area contributed by atoms with Crippen LogP contribution in [0.4, 0.5) is 5.69 Å². The van der Waals surface area contributed by atoms with Crippen LogP contribution in [0.1, 0.15) is 25.8 Å². The van der Waals surface area contributed by atoms with E-state index in [0.29, 0.717) is 13.0 Å². The number of rotatable bonds is 5. The SMILES string of the molecule is CC1CN(Cc2ccccc2NC(=O)CCN)CC(C)O1.Cl.Cl. The average molecular weight is 364 g/mol. The maximum atomic E-state index is 11.7. The van der Waals surface area contributed by atoms with Crippen molar-refractivity contribution in [2.45, 2.75) is 39.0 Å². The van der Waals surface area contributed by atoms with E-state index in [2.05, 4.69) is 30.1 Å². The van der Waals surface area contributed by atoms with E-state index >= 15 is 0 Å². The minimum Gasteiger partial charge on any atom is -0.373 e. The van der Waals surface area contributed by atoms with Crippen LogP contribution in [0.15, 0.2) is 24.3 Å². The molecule has 1 aliphatic rings. The van der Waals surface area contributed by atoms with Gasteiger partial charge in [0.05, 0.1) is 12.2 Å². The predicted octanol–water partition coefficient (Wildman–Crippen LogP) is 2.43. The number of para-hydroxylation sites is 1. The van der Waals surface area contributed by atoms with Gasteiger partial charge in [-0.3, -0.25) is 9.69 Å². The number of halogens is 2. The molecular weight excluding hydrogens is 337 g/mol. The van der Waals surface area contributed by atoms with E-state index in [4.69, 9.17) is 10.5 Å². The summed E-state index contributed by atoms with van der Waals surface area (Å²) >= 11 is 0. The van der Waals surface area contributed by atoms with Gasteiger partial charge in [-0.1, -0.05) is 18.2 Å². The number of benzene rings is 1. The first-order valence-electron chi connectivity index (χ1n) is 7.54. The Bertz CT molecular complexity index is 478. The molecule has 1 heterocycles. The van der Waals surface area contributed by atoms with Crippen molar-refractivity contribution in [2.75, 3.05) is 25.0 Å². The van der Waals surface area contributed by atoms with Crippen molar-refractivity contribution in [1.82, 2.24) is 4.90 Å². The van der Waals surface area contributed by atoms with E-state index in [-0.39, 0.29) is 42.9 Å². The van der Waals surface area contributed by atoms with Gasteiger partial charge in [0.25, 0.3) is 0 Å². The molecule has 1 saturated heterocycles. The van der Waals surface area contributed by atoms with Crippen LogP contribution in [0.2, 0.25) is 0 Å². The maximum Gasteiger partial charge on any atom is 0.225 e. The molecule has 2 unspecified atom stereocenters. The molecule has 3 N–H and O–H groups in total. The molecule has 0 saturated carbocycles. The Kier molecular flexibility index (Phi) is 10.4. The van der Waals surface area contributed by atoms with Crippen molar-refractivity contribution < 1.29 is 9.53 Å². The number of hydrogen-bond donors (Lipinski definition) is 2. The first kappa shape index (κ1) is 22.1. The summed E-state index contributed by atoms with van der Waals surface area (Å²) in [4.78, 5) is 14.1. The first-order chi connectivity index (χ1) is 10.1. The minimum absolute atomic E-state index is 0. The van der Waals surface area contributed by atoms with Crippen LogP contribution in [0.5, 0.6) is 0 Å². The van der Waals surface area contributed by atoms with E-state index in [1.165, 1.54) is 0 Å². The number of morpholine rings is 1. The number of amides is 1. The zero-order chi connectivity index (χ0) is 15.2. The van der Waals surface area contributed by atoms with Crippen molar-refractivity contribution in [2.24, 2.45) is 5.73 Å². The third kappa shape index (κ3) is 7.06. The summed E-state index contributed by atoms with van der Waals surface area (Å²) in [6.45, 7) is 7.20. The van der Waals surface area contributed by atoms with Crippen LogP contribution in [-0.4, -0.2) is 42.6 Å². The summed E-state index contributed by atoms with van der Waals surface area (Å²) in [7, 11) is 0. The van der Waals surface area contributed by atoms with E-state index < -0.39 is 0 Å². The normalized spacial score (nSPS) is 21.0. The molecule has 7 heteroatoms. The highest BCUT2D eigenvalue weighted by Gasteiger charge is 2.22. The standard InChI is InChI=1S/C16H25N3O2.2ClH/c1-12-9-19(10-13(2)21-12)11-14-5-3-4-6-15(14)18-16(20)7-8-17;;/h3-6,12-13H,7-11,17H2,1-2H3,(H,18,20);2*1H. The topological polar surface area (TPSA) is 67.6 Å². The highest BCUT2D eigenvalue weighted by Crippen LogP contribution is 2.20. The van der Waals surface area contributed by atoms with Crippen molar-refractivity contribution in [1.29, 1.82) is 0 Å². The van der Waals surface area contributed by atoms with Crippen LogP contribution in [0.25, 0.3) is 0 Å². The van der Waals surface area contributed by atoms with E-state index in [9.17, 15) is 4.79 Å². The molecule has 0 spiro atoms. The van der Waals surface area contributed by atoms with Gasteiger partial charge in [0.2, 0.25) is 5.91 Å². The van der Waals surface area contributed by atoms with Crippen LogP contribution >= 0.6 is 24.8 Å². The summed E-state index contributed by atoms with van der Waals surface area (Å²) in [6, 6.07) is 7.94. The molecule has 0 bridgehead atoms. The Morgan fingerprint density at radius 1 is 1.26 bits per heavy atom. The monoisotopic (exact) mass is 363 g/mol. The van der Waals surface area contributed by atoms with Crippen molar-refractivity contribution >= 4 is 36.4 Å². The van der Waals surface area contributed by atoms with Gasteiger partial charge in [0, 0.05) is 38.3 Å². The third-order valence-corrected chi connectivity index (χ3v) is 3.55. The van der Waals surface area contributed by atoms with Gasteiger partial charge in [-0.2, -0.15) is 0 Å². The molecule has 1 aromatic rings. The highest BCUT2D eigenvalue weighted by atomic mass is 35.5. The lowest BCUT2D eigenvalue weighted by atomic mass is 10.1. The second-order valence-electron chi connectivity index (χ2n) is 5.70. The number of nitrogens with zero attached hydrogens (tertiary/aromatic N) is 1. The predicted molar refractivity (Wildman–Crippen MR) is 98.5 cm³/mol. The fourth-order valence-electron chi connectivity index (χ4n) is 2.78. The summed E-state index contributed by atoms with van der Waals surface area (Å²) in [5, 5.41) is 2.95. The number of nitrogens with one attached hydrogen (secondary N) is 1. The van der Waals surface area contributed by atoms with Crippen molar-refractivity contribution in [3.8, 4) is 0 Å². The highest BCUT2D eigenvalue weighted by molar-refractivity contribution is 5.91. The molecule has 5 nitrogen and oxygen atoms in total. The number of carbonyl (C=O) groups is 1. The molecule has 0 radical (unpaired) electrons. The van der Waals surface area contributed by atoms with Gasteiger partial charge in [-0.05, 0) is 25.5 Å². The number of carbonyl (C=O) groups excluding carboxylic acids is 1.